The summed E-state index contributed by atoms with van der Waals surface area (Å²) in [5.41, 5.74) is 0.940. The van der Waals surface area contributed by atoms with Gasteiger partial charge in [-0.25, -0.2) is 0 Å². The number of hydrogen-bond acceptors (Lipinski definition) is 2. The van der Waals surface area contributed by atoms with Gasteiger partial charge in [0.05, 0.1) is 12.5 Å². The standard InChI is InChI=1S/C13H15BrO2/c1-16-12(15)13(6-3-7-13)9-10-4-2-5-11(14)8-10/h2,4-5,8H,3,6-7,9H2,1H3. The molecule has 0 radical (unpaired) electrons. The molecule has 0 N–H and O–H groups in total. The zero-order valence-corrected chi connectivity index (χ0v) is 10.9. The maximum Gasteiger partial charge on any atom is 0.312 e. The number of benzene rings is 1. The first-order chi connectivity index (χ1) is 7.66. The zero-order valence-electron chi connectivity index (χ0n) is 9.33. The summed E-state index contributed by atoms with van der Waals surface area (Å²) in [6.07, 6.45) is 3.82. The fourth-order valence-electron chi connectivity index (χ4n) is 2.31. The van der Waals surface area contributed by atoms with Gasteiger partial charge in [0.25, 0.3) is 0 Å². The highest BCUT2D eigenvalue weighted by atomic mass is 79.9. The molecule has 0 heterocycles. The van der Waals surface area contributed by atoms with Crippen molar-refractivity contribution in [2.24, 2.45) is 5.41 Å². The van der Waals surface area contributed by atoms with E-state index in [4.69, 9.17) is 4.74 Å². The molecule has 1 aromatic carbocycles. The highest BCUT2D eigenvalue weighted by molar-refractivity contribution is 9.10. The first-order valence-corrected chi connectivity index (χ1v) is 6.28. The van der Waals surface area contributed by atoms with Gasteiger partial charge in [-0.15, -0.1) is 0 Å². The van der Waals surface area contributed by atoms with E-state index >= 15 is 0 Å². The normalized spacial score (nSPS) is 17.6. The fraction of sp³-hybridized carbons (Fsp3) is 0.462. The Morgan fingerprint density at radius 3 is 2.75 bits per heavy atom. The second-order valence-electron chi connectivity index (χ2n) is 4.43. The van der Waals surface area contributed by atoms with Crippen molar-refractivity contribution in [1.29, 1.82) is 0 Å². The molecule has 1 aliphatic carbocycles. The van der Waals surface area contributed by atoms with E-state index in [0.29, 0.717) is 0 Å². The molecule has 0 amide bonds. The number of halogens is 1. The number of ether oxygens (including phenoxy) is 1. The third kappa shape index (κ3) is 2.14. The maximum absolute atomic E-state index is 11.8. The lowest BCUT2D eigenvalue weighted by Gasteiger charge is -2.39. The van der Waals surface area contributed by atoms with E-state index in [1.807, 2.05) is 12.1 Å². The summed E-state index contributed by atoms with van der Waals surface area (Å²) in [6.45, 7) is 0. The van der Waals surface area contributed by atoms with Crippen molar-refractivity contribution in [3.05, 3.63) is 34.3 Å². The van der Waals surface area contributed by atoms with Crippen LogP contribution in [0.1, 0.15) is 24.8 Å². The molecule has 2 nitrogen and oxygen atoms in total. The molecule has 0 saturated heterocycles. The molecule has 16 heavy (non-hydrogen) atoms. The molecule has 1 fully saturated rings. The zero-order chi connectivity index (χ0) is 11.6. The average molecular weight is 283 g/mol. The van der Waals surface area contributed by atoms with Crippen molar-refractivity contribution in [2.45, 2.75) is 25.7 Å². The fourth-order valence-corrected chi connectivity index (χ4v) is 2.76. The van der Waals surface area contributed by atoms with Crippen LogP contribution in [0.3, 0.4) is 0 Å². The van der Waals surface area contributed by atoms with E-state index in [9.17, 15) is 4.79 Å². The van der Waals surface area contributed by atoms with Crippen molar-refractivity contribution in [3.63, 3.8) is 0 Å². The molecule has 0 spiro atoms. The number of carbonyl (C=O) groups is 1. The summed E-state index contributed by atoms with van der Waals surface area (Å²) >= 11 is 3.45. The van der Waals surface area contributed by atoms with Gasteiger partial charge in [0.15, 0.2) is 0 Å². The summed E-state index contributed by atoms with van der Waals surface area (Å²) in [4.78, 5) is 11.8. The van der Waals surface area contributed by atoms with Crippen LogP contribution in [0, 0.1) is 5.41 Å². The van der Waals surface area contributed by atoms with E-state index in [1.165, 1.54) is 12.7 Å². The van der Waals surface area contributed by atoms with Crippen LogP contribution >= 0.6 is 15.9 Å². The molecule has 3 heteroatoms. The lowest BCUT2D eigenvalue weighted by molar-refractivity contribution is -0.158. The van der Waals surface area contributed by atoms with Crippen LogP contribution in [0.25, 0.3) is 0 Å². The second-order valence-corrected chi connectivity index (χ2v) is 5.35. The third-order valence-corrected chi connectivity index (χ3v) is 3.85. The largest absolute Gasteiger partial charge is 0.469 e. The first kappa shape index (κ1) is 11.6. The van der Waals surface area contributed by atoms with Gasteiger partial charge in [-0.05, 0) is 37.0 Å². The molecule has 86 valence electrons. The van der Waals surface area contributed by atoms with Gasteiger partial charge in [0, 0.05) is 4.47 Å². The van der Waals surface area contributed by atoms with Crippen molar-refractivity contribution >= 4 is 21.9 Å². The monoisotopic (exact) mass is 282 g/mol. The third-order valence-electron chi connectivity index (χ3n) is 3.36. The minimum atomic E-state index is -0.254. The Kier molecular flexibility index (Phi) is 3.33. The Bertz CT molecular complexity index is 397. The summed E-state index contributed by atoms with van der Waals surface area (Å²) in [5.74, 6) is -0.0567. The Hall–Kier alpha value is -0.830. The first-order valence-electron chi connectivity index (χ1n) is 5.49. The SMILES string of the molecule is COC(=O)C1(Cc2cccc(Br)c2)CCC1. The summed E-state index contributed by atoms with van der Waals surface area (Å²) in [6, 6.07) is 8.13. The van der Waals surface area contributed by atoms with Gasteiger partial charge in [-0.3, -0.25) is 4.79 Å². The van der Waals surface area contributed by atoms with Crippen molar-refractivity contribution < 1.29 is 9.53 Å². The van der Waals surface area contributed by atoms with E-state index in [2.05, 4.69) is 28.1 Å². The van der Waals surface area contributed by atoms with Crippen LogP contribution in [-0.2, 0) is 16.0 Å². The van der Waals surface area contributed by atoms with E-state index in [1.54, 1.807) is 0 Å². The predicted octanol–water partition coefficient (Wildman–Crippen LogP) is 3.33. The molecule has 0 aliphatic heterocycles. The molecule has 1 saturated carbocycles. The summed E-state index contributed by atoms with van der Waals surface area (Å²) in [7, 11) is 1.48. The Balaban J connectivity index is 2.16. The highest BCUT2D eigenvalue weighted by Gasteiger charge is 2.45. The summed E-state index contributed by atoms with van der Waals surface area (Å²) in [5, 5.41) is 0. The topological polar surface area (TPSA) is 26.3 Å². The van der Waals surface area contributed by atoms with Crippen molar-refractivity contribution in [1.82, 2.24) is 0 Å². The lowest BCUT2D eigenvalue weighted by Crippen LogP contribution is -2.40. The molecule has 2 rings (SSSR count). The number of rotatable bonds is 3. The molecular weight excluding hydrogens is 268 g/mol. The van der Waals surface area contributed by atoms with Crippen molar-refractivity contribution in [3.8, 4) is 0 Å². The summed E-state index contributed by atoms with van der Waals surface area (Å²) < 4.78 is 5.97. The smallest absolute Gasteiger partial charge is 0.312 e. The van der Waals surface area contributed by atoms with Gasteiger partial charge >= 0.3 is 5.97 Å². The quantitative estimate of drug-likeness (QED) is 0.795. The van der Waals surface area contributed by atoms with E-state index in [-0.39, 0.29) is 11.4 Å². The minimum absolute atomic E-state index is 0.0567. The van der Waals surface area contributed by atoms with Gasteiger partial charge in [-0.2, -0.15) is 0 Å². The molecule has 1 aliphatic rings. The van der Waals surface area contributed by atoms with E-state index in [0.717, 1.165) is 30.2 Å². The molecule has 1 aromatic rings. The van der Waals surface area contributed by atoms with Gasteiger partial charge in [-0.1, -0.05) is 34.5 Å². The second kappa shape index (κ2) is 4.58. The van der Waals surface area contributed by atoms with Crippen LogP contribution < -0.4 is 0 Å². The Labute approximate surface area is 104 Å². The Morgan fingerprint density at radius 1 is 1.50 bits per heavy atom. The number of carbonyl (C=O) groups excluding carboxylic acids is 1. The Morgan fingerprint density at radius 2 is 2.25 bits per heavy atom. The molecule has 0 unspecified atom stereocenters. The predicted molar refractivity (Wildman–Crippen MR) is 66.1 cm³/mol. The number of hydrogen-bond donors (Lipinski definition) is 0. The van der Waals surface area contributed by atoms with Gasteiger partial charge in [0.1, 0.15) is 0 Å². The minimum Gasteiger partial charge on any atom is -0.469 e. The lowest BCUT2D eigenvalue weighted by atomic mass is 9.65. The number of esters is 1. The number of methoxy groups -OCH3 is 1. The average Bonchev–Trinajstić information content (AvgIpc) is 2.22. The van der Waals surface area contributed by atoms with Crippen LogP contribution in [0.2, 0.25) is 0 Å². The van der Waals surface area contributed by atoms with Crippen LogP contribution in [0.15, 0.2) is 28.7 Å². The molecular formula is C13H15BrO2. The van der Waals surface area contributed by atoms with Crippen LogP contribution in [-0.4, -0.2) is 13.1 Å². The molecule has 0 aromatic heterocycles. The maximum atomic E-state index is 11.8. The van der Waals surface area contributed by atoms with Gasteiger partial charge < -0.3 is 4.74 Å². The van der Waals surface area contributed by atoms with E-state index < -0.39 is 0 Å². The van der Waals surface area contributed by atoms with Crippen LogP contribution in [0.4, 0.5) is 0 Å². The van der Waals surface area contributed by atoms with Crippen LogP contribution in [0.5, 0.6) is 0 Å². The van der Waals surface area contributed by atoms with Crippen molar-refractivity contribution in [2.75, 3.05) is 7.11 Å². The molecule has 0 bridgehead atoms. The molecule has 0 atom stereocenters. The van der Waals surface area contributed by atoms with Gasteiger partial charge in [0.2, 0.25) is 0 Å². The highest BCUT2D eigenvalue weighted by Crippen LogP contribution is 2.44.